The second-order valence-corrected chi connectivity index (χ2v) is 5.35. The number of anilines is 1. The molecule has 2 aromatic rings. The molecular formula is C16H26N4O. The topological polar surface area (TPSA) is 51.5 Å². The van der Waals surface area contributed by atoms with E-state index in [9.17, 15) is 0 Å². The van der Waals surface area contributed by atoms with Crippen molar-refractivity contribution in [2.45, 2.75) is 46.5 Å². The van der Waals surface area contributed by atoms with Gasteiger partial charge in [0.1, 0.15) is 5.82 Å². The Hall–Kier alpha value is -1.78. The molecule has 0 aromatic carbocycles. The smallest absolute Gasteiger partial charge is 0.260 e. The van der Waals surface area contributed by atoms with Gasteiger partial charge in [-0.2, -0.15) is 4.98 Å². The lowest BCUT2D eigenvalue weighted by Crippen LogP contribution is -2.13. The molecule has 0 radical (unpaired) electrons. The highest BCUT2D eigenvalue weighted by atomic mass is 16.5. The summed E-state index contributed by atoms with van der Waals surface area (Å²) in [6.45, 7) is 8.04. The van der Waals surface area contributed by atoms with Gasteiger partial charge in [0, 0.05) is 18.9 Å². The van der Waals surface area contributed by atoms with Gasteiger partial charge in [0.25, 0.3) is 5.88 Å². The minimum Gasteiger partial charge on any atom is -0.475 e. The average molecular weight is 290 g/mol. The maximum Gasteiger partial charge on any atom is 0.260 e. The number of rotatable bonds is 9. The Bertz CT molecular complexity index is 552. The van der Waals surface area contributed by atoms with Crippen LogP contribution in [0.2, 0.25) is 0 Å². The molecule has 2 heterocycles. The Morgan fingerprint density at radius 1 is 1.33 bits per heavy atom. The van der Waals surface area contributed by atoms with Crippen molar-refractivity contribution in [3.63, 3.8) is 0 Å². The predicted octanol–water partition coefficient (Wildman–Crippen LogP) is 3.76. The van der Waals surface area contributed by atoms with Crippen LogP contribution in [0.4, 0.5) is 5.82 Å². The summed E-state index contributed by atoms with van der Waals surface area (Å²) in [7, 11) is 0. The van der Waals surface area contributed by atoms with E-state index in [0.717, 1.165) is 24.4 Å². The van der Waals surface area contributed by atoms with Crippen molar-refractivity contribution < 1.29 is 4.74 Å². The van der Waals surface area contributed by atoms with Gasteiger partial charge in [0.05, 0.1) is 12.8 Å². The van der Waals surface area contributed by atoms with E-state index >= 15 is 0 Å². The largest absolute Gasteiger partial charge is 0.475 e. The maximum atomic E-state index is 5.98. The molecule has 5 nitrogen and oxygen atoms in total. The third-order valence-corrected chi connectivity index (χ3v) is 3.70. The number of nitrogens with zero attached hydrogens (tertiary/aromatic N) is 3. The van der Waals surface area contributed by atoms with Crippen LogP contribution in [0.1, 0.15) is 46.5 Å². The van der Waals surface area contributed by atoms with Crippen molar-refractivity contribution >= 4 is 11.5 Å². The van der Waals surface area contributed by atoms with Crippen LogP contribution < -0.4 is 10.1 Å². The van der Waals surface area contributed by atoms with Crippen LogP contribution in [0, 0.1) is 5.92 Å². The molecule has 1 atom stereocenters. The average Bonchev–Trinajstić information content (AvgIpc) is 2.96. The maximum absolute atomic E-state index is 5.98. The van der Waals surface area contributed by atoms with E-state index in [1.54, 1.807) is 6.20 Å². The first kappa shape index (κ1) is 15.6. The molecule has 0 saturated carbocycles. The summed E-state index contributed by atoms with van der Waals surface area (Å²) < 4.78 is 7.93. The van der Waals surface area contributed by atoms with Crippen molar-refractivity contribution in [1.29, 1.82) is 0 Å². The zero-order valence-electron chi connectivity index (χ0n) is 13.3. The molecule has 2 aromatic heterocycles. The number of ether oxygens (including phenoxy) is 1. The summed E-state index contributed by atoms with van der Waals surface area (Å²) in [6.07, 6.45) is 10.5. The second-order valence-electron chi connectivity index (χ2n) is 5.35. The highest BCUT2D eigenvalue weighted by molar-refractivity contribution is 5.53. The van der Waals surface area contributed by atoms with Gasteiger partial charge in [-0.15, -0.1) is 0 Å². The summed E-state index contributed by atoms with van der Waals surface area (Å²) in [6, 6.07) is 0. The lowest BCUT2D eigenvalue weighted by atomic mass is 10.0. The number of imidazole rings is 1. The van der Waals surface area contributed by atoms with E-state index in [2.05, 4.69) is 36.1 Å². The molecule has 21 heavy (non-hydrogen) atoms. The van der Waals surface area contributed by atoms with Gasteiger partial charge in [0.15, 0.2) is 0 Å². The quantitative estimate of drug-likeness (QED) is 0.764. The number of hydrogen-bond donors (Lipinski definition) is 1. The van der Waals surface area contributed by atoms with Crippen LogP contribution >= 0.6 is 0 Å². The van der Waals surface area contributed by atoms with Crippen LogP contribution in [-0.2, 0) is 0 Å². The molecule has 116 valence electrons. The Labute approximate surface area is 126 Å². The molecule has 0 saturated heterocycles. The third-order valence-electron chi connectivity index (χ3n) is 3.70. The predicted molar refractivity (Wildman–Crippen MR) is 86.0 cm³/mol. The van der Waals surface area contributed by atoms with Crippen LogP contribution in [0.5, 0.6) is 5.88 Å². The molecule has 1 unspecified atom stereocenters. The second kappa shape index (κ2) is 7.86. The van der Waals surface area contributed by atoms with Crippen LogP contribution in [0.3, 0.4) is 0 Å². The fraction of sp³-hybridized carbons (Fsp3) is 0.625. The summed E-state index contributed by atoms with van der Waals surface area (Å²) >= 11 is 0. The number of hydrogen-bond acceptors (Lipinski definition) is 4. The Kier molecular flexibility index (Phi) is 5.84. The van der Waals surface area contributed by atoms with Crippen molar-refractivity contribution in [1.82, 2.24) is 14.4 Å². The number of aromatic nitrogens is 3. The molecule has 0 bridgehead atoms. The van der Waals surface area contributed by atoms with Gasteiger partial charge < -0.3 is 10.1 Å². The monoisotopic (exact) mass is 290 g/mol. The lowest BCUT2D eigenvalue weighted by molar-refractivity contribution is 0.227. The fourth-order valence-corrected chi connectivity index (χ4v) is 2.36. The standard InChI is InChI=1S/C16H26N4O/c1-4-7-8-13(5-2)12-21-16-15-18-9-10-20(15)11-14(19-16)17-6-3/h9-11,13,17H,4-8,12H2,1-3H3. The molecule has 2 rings (SSSR count). The van der Waals surface area contributed by atoms with Crippen molar-refractivity contribution in [3.8, 4) is 5.88 Å². The van der Waals surface area contributed by atoms with E-state index in [1.165, 1.54) is 19.3 Å². The zero-order chi connectivity index (χ0) is 15.1. The molecular weight excluding hydrogens is 264 g/mol. The first-order valence-electron chi connectivity index (χ1n) is 7.98. The Balaban J connectivity index is 2.10. The van der Waals surface area contributed by atoms with Gasteiger partial charge in [0.2, 0.25) is 5.65 Å². The van der Waals surface area contributed by atoms with Crippen LogP contribution in [0.15, 0.2) is 18.6 Å². The van der Waals surface area contributed by atoms with E-state index in [4.69, 9.17) is 4.74 Å². The number of fused-ring (bicyclic) bond motifs is 1. The normalized spacial score (nSPS) is 12.5. The molecule has 0 aliphatic heterocycles. The molecule has 0 aliphatic rings. The minimum absolute atomic E-state index is 0.588. The molecule has 1 N–H and O–H groups in total. The summed E-state index contributed by atoms with van der Waals surface area (Å²) in [5.74, 6) is 2.03. The van der Waals surface area contributed by atoms with Gasteiger partial charge in [-0.1, -0.05) is 33.1 Å². The zero-order valence-corrected chi connectivity index (χ0v) is 13.3. The lowest BCUT2D eigenvalue weighted by Gasteiger charge is -2.16. The van der Waals surface area contributed by atoms with Gasteiger partial charge in [-0.05, 0) is 19.3 Å². The fourth-order valence-electron chi connectivity index (χ4n) is 2.36. The van der Waals surface area contributed by atoms with Crippen molar-refractivity contribution in [2.24, 2.45) is 5.92 Å². The van der Waals surface area contributed by atoms with Crippen molar-refractivity contribution in [3.05, 3.63) is 18.6 Å². The number of unbranched alkanes of at least 4 members (excludes halogenated alkanes) is 1. The first-order valence-corrected chi connectivity index (χ1v) is 7.98. The Morgan fingerprint density at radius 2 is 2.19 bits per heavy atom. The van der Waals surface area contributed by atoms with Gasteiger partial charge in [-0.25, -0.2) is 4.98 Å². The molecule has 5 heteroatoms. The summed E-state index contributed by atoms with van der Waals surface area (Å²) in [5.41, 5.74) is 0.780. The van der Waals surface area contributed by atoms with Crippen LogP contribution in [0.25, 0.3) is 5.65 Å². The van der Waals surface area contributed by atoms with E-state index in [-0.39, 0.29) is 0 Å². The van der Waals surface area contributed by atoms with Gasteiger partial charge >= 0.3 is 0 Å². The number of nitrogens with one attached hydrogen (secondary N) is 1. The highest BCUT2D eigenvalue weighted by Crippen LogP contribution is 2.21. The van der Waals surface area contributed by atoms with Gasteiger partial charge in [-0.3, -0.25) is 4.40 Å². The molecule has 0 fully saturated rings. The molecule has 0 amide bonds. The van der Waals surface area contributed by atoms with E-state index in [0.29, 0.717) is 18.4 Å². The molecule has 0 spiro atoms. The SMILES string of the molecule is CCCCC(CC)COc1nc(NCC)cn2ccnc12. The van der Waals surface area contributed by atoms with Crippen LogP contribution in [-0.4, -0.2) is 27.5 Å². The minimum atomic E-state index is 0.588. The summed E-state index contributed by atoms with van der Waals surface area (Å²) in [5, 5.41) is 3.23. The molecule has 0 aliphatic carbocycles. The Morgan fingerprint density at radius 3 is 2.90 bits per heavy atom. The summed E-state index contributed by atoms with van der Waals surface area (Å²) in [4.78, 5) is 8.87. The first-order chi connectivity index (χ1) is 10.3. The van der Waals surface area contributed by atoms with E-state index < -0.39 is 0 Å². The third kappa shape index (κ3) is 4.09. The van der Waals surface area contributed by atoms with Crippen molar-refractivity contribution in [2.75, 3.05) is 18.5 Å². The van der Waals surface area contributed by atoms with E-state index in [1.807, 2.05) is 16.8 Å². The highest BCUT2D eigenvalue weighted by Gasteiger charge is 2.12.